The molecule has 3 heteroatoms. The van der Waals surface area contributed by atoms with Crippen molar-refractivity contribution in [2.45, 2.75) is 38.6 Å². The molecule has 1 aliphatic carbocycles. The minimum absolute atomic E-state index is 0.186. The van der Waals surface area contributed by atoms with Crippen LogP contribution in [0, 0.1) is 11.7 Å². The molecule has 1 nitrogen and oxygen atoms in total. The fourth-order valence-electron chi connectivity index (χ4n) is 2.82. The topological polar surface area (TPSA) is 3.24 Å². The van der Waals surface area contributed by atoms with Crippen molar-refractivity contribution in [1.82, 2.24) is 4.90 Å². The Kier molecular flexibility index (Phi) is 5.19. The highest BCUT2D eigenvalue weighted by atomic mass is 79.9. The number of nitrogens with zero attached hydrogens (tertiary/aromatic N) is 1. The molecule has 0 heterocycles. The van der Waals surface area contributed by atoms with E-state index < -0.39 is 0 Å². The van der Waals surface area contributed by atoms with Crippen LogP contribution in [0.4, 0.5) is 4.39 Å². The highest BCUT2D eigenvalue weighted by molar-refractivity contribution is 9.10. The number of hydrogen-bond donors (Lipinski definition) is 0. The van der Waals surface area contributed by atoms with Gasteiger partial charge in [0.15, 0.2) is 0 Å². The third-order valence-electron chi connectivity index (χ3n) is 3.73. The van der Waals surface area contributed by atoms with Crippen LogP contribution in [-0.4, -0.2) is 18.5 Å². The first-order chi connectivity index (χ1) is 8.65. The first-order valence-electron chi connectivity index (χ1n) is 6.77. The summed E-state index contributed by atoms with van der Waals surface area (Å²) >= 11 is 3.24. The molecular formula is C15H21BrFN. The third kappa shape index (κ3) is 4.06. The Labute approximate surface area is 118 Å². The minimum atomic E-state index is -0.186. The zero-order chi connectivity index (χ0) is 13.0. The summed E-state index contributed by atoms with van der Waals surface area (Å²) in [5.41, 5.74) is 1.17. The molecule has 0 amide bonds. The summed E-state index contributed by atoms with van der Waals surface area (Å²) in [4.78, 5) is 2.36. The summed E-state index contributed by atoms with van der Waals surface area (Å²) in [6.45, 7) is 2.06. The number of hydrogen-bond acceptors (Lipinski definition) is 1. The van der Waals surface area contributed by atoms with Gasteiger partial charge in [-0.05, 0) is 59.4 Å². The molecule has 1 saturated carbocycles. The highest BCUT2D eigenvalue weighted by Crippen LogP contribution is 2.25. The van der Waals surface area contributed by atoms with Crippen LogP contribution in [0.15, 0.2) is 22.7 Å². The Morgan fingerprint density at radius 2 is 2.00 bits per heavy atom. The van der Waals surface area contributed by atoms with Gasteiger partial charge in [0.05, 0.1) is 4.47 Å². The second kappa shape index (κ2) is 6.67. The summed E-state index contributed by atoms with van der Waals surface area (Å²) in [5.74, 6) is 0.668. The largest absolute Gasteiger partial charge is 0.302 e. The van der Waals surface area contributed by atoms with Crippen molar-refractivity contribution in [3.05, 3.63) is 34.1 Å². The number of rotatable bonds is 4. The van der Waals surface area contributed by atoms with Crippen LogP contribution in [0.2, 0.25) is 0 Å². The van der Waals surface area contributed by atoms with Gasteiger partial charge >= 0.3 is 0 Å². The molecule has 0 unspecified atom stereocenters. The van der Waals surface area contributed by atoms with E-state index in [0.29, 0.717) is 4.47 Å². The molecule has 0 atom stereocenters. The molecule has 18 heavy (non-hydrogen) atoms. The van der Waals surface area contributed by atoms with Crippen molar-refractivity contribution in [2.75, 3.05) is 13.6 Å². The number of benzene rings is 1. The maximum absolute atomic E-state index is 13.1. The van der Waals surface area contributed by atoms with Crippen LogP contribution in [0.25, 0.3) is 0 Å². The third-order valence-corrected chi connectivity index (χ3v) is 4.34. The summed E-state index contributed by atoms with van der Waals surface area (Å²) in [7, 11) is 2.16. The lowest BCUT2D eigenvalue weighted by atomic mass is 9.89. The Morgan fingerprint density at radius 1 is 1.28 bits per heavy atom. The van der Waals surface area contributed by atoms with Crippen LogP contribution in [0.5, 0.6) is 0 Å². The van der Waals surface area contributed by atoms with Crippen molar-refractivity contribution < 1.29 is 4.39 Å². The van der Waals surface area contributed by atoms with Gasteiger partial charge in [-0.25, -0.2) is 4.39 Å². The van der Waals surface area contributed by atoms with Crippen molar-refractivity contribution in [1.29, 1.82) is 0 Å². The van der Waals surface area contributed by atoms with E-state index in [-0.39, 0.29) is 5.82 Å². The highest BCUT2D eigenvalue weighted by Gasteiger charge is 2.15. The zero-order valence-electron chi connectivity index (χ0n) is 11.0. The average Bonchev–Trinajstić information content (AvgIpc) is 2.35. The van der Waals surface area contributed by atoms with E-state index in [9.17, 15) is 4.39 Å². The van der Waals surface area contributed by atoms with Gasteiger partial charge in [-0.2, -0.15) is 0 Å². The molecule has 100 valence electrons. The van der Waals surface area contributed by atoms with E-state index in [1.165, 1.54) is 43.7 Å². The predicted molar refractivity (Wildman–Crippen MR) is 77.0 cm³/mol. The first-order valence-corrected chi connectivity index (χ1v) is 7.57. The second-order valence-corrected chi connectivity index (χ2v) is 6.30. The maximum atomic E-state index is 13.1. The Morgan fingerprint density at radius 3 is 2.67 bits per heavy atom. The average molecular weight is 314 g/mol. The molecule has 0 saturated heterocycles. The van der Waals surface area contributed by atoms with Crippen LogP contribution in [0.3, 0.4) is 0 Å². The maximum Gasteiger partial charge on any atom is 0.137 e. The SMILES string of the molecule is CN(Cc1ccc(F)c(Br)c1)CC1CCCCC1. The second-order valence-electron chi connectivity index (χ2n) is 5.45. The van der Waals surface area contributed by atoms with Gasteiger partial charge in [-0.1, -0.05) is 25.3 Å². The van der Waals surface area contributed by atoms with Crippen LogP contribution < -0.4 is 0 Å². The van der Waals surface area contributed by atoms with E-state index in [2.05, 4.69) is 27.9 Å². The number of halogens is 2. The summed E-state index contributed by atoms with van der Waals surface area (Å²) in [6, 6.07) is 5.29. The predicted octanol–water partition coefficient (Wildman–Crippen LogP) is 4.60. The molecular weight excluding hydrogens is 293 g/mol. The van der Waals surface area contributed by atoms with E-state index in [0.717, 1.165) is 19.0 Å². The standard InChI is InChI=1S/C15H21BrFN/c1-18(10-12-5-3-2-4-6-12)11-13-7-8-15(17)14(16)9-13/h7-9,12H,2-6,10-11H2,1H3. The van der Waals surface area contributed by atoms with Crippen molar-refractivity contribution in [2.24, 2.45) is 5.92 Å². The lowest BCUT2D eigenvalue weighted by Gasteiger charge is -2.27. The van der Waals surface area contributed by atoms with E-state index in [1.54, 1.807) is 0 Å². The lowest BCUT2D eigenvalue weighted by molar-refractivity contribution is 0.228. The molecule has 0 N–H and O–H groups in total. The Hall–Kier alpha value is -0.410. The molecule has 1 aromatic carbocycles. The van der Waals surface area contributed by atoms with Gasteiger partial charge in [-0.15, -0.1) is 0 Å². The molecule has 1 aliphatic rings. The van der Waals surface area contributed by atoms with Gasteiger partial charge in [0.25, 0.3) is 0 Å². The van der Waals surface area contributed by atoms with Crippen LogP contribution >= 0.6 is 15.9 Å². The monoisotopic (exact) mass is 313 g/mol. The van der Waals surface area contributed by atoms with Gasteiger partial charge in [0.2, 0.25) is 0 Å². The molecule has 0 aromatic heterocycles. The Bertz CT molecular complexity index is 388. The molecule has 0 radical (unpaired) electrons. The van der Waals surface area contributed by atoms with Gasteiger partial charge in [-0.3, -0.25) is 0 Å². The van der Waals surface area contributed by atoms with E-state index in [1.807, 2.05) is 12.1 Å². The molecule has 1 aromatic rings. The van der Waals surface area contributed by atoms with Crippen LogP contribution in [-0.2, 0) is 6.54 Å². The van der Waals surface area contributed by atoms with E-state index >= 15 is 0 Å². The van der Waals surface area contributed by atoms with Crippen LogP contribution in [0.1, 0.15) is 37.7 Å². The fourth-order valence-corrected chi connectivity index (χ4v) is 3.25. The molecule has 2 rings (SSSR count). The summed E-state index contributed by atoms with van der Waals surface area (Å²) in [6.07, 6.45) is 6.93. The summed E-state index contributed by atoms with van der Waals surface area (Å²) < 4.78 is 13.7. The quantitative estimate of drug-likeness (QED) is 0.785. The molecule has 0 bridgehead atoms. The fraction of sp³-hybridized carbons (Fsp3) is 0.600. The molecule has 1 fully saturated rings. The van der Waals surface area contributed by atoms with Crippen molar-refractivity contribution in [3.63, 3.8) is 0 Å². The summed E-state index contributed by atoms with van der Waals surface area (Å²) in [5, 5.41) is 0. The minimum Gasteiger partial charge on any atom is -0.302 e. The van der Waals surface area contributed by atoms with E-state index in [4.69, 9.17) is 0 Å². The van der Waals surface area contributed by atoms with Crippen molar-refractivity contribution >= 4 is 15.9 Å². The molecule has 0 aliphatic heterocycles. The first kappa shape index (κ1) is 14.0. The van der Waals surface area contributed by atoms with Crippen molar-refractivity contribution in [3.8, 4) is 0 Å². The van der Waals surface area contributed by atoms with Gasteiger partial charge in [0.1, 0.15) is 5.82 Å². The van der Waals surface area contributed by atoms with Gasteiger partial charge in [0, 0.05) is 13.1 Å². The normalized spacial score (nSPS) is 17.3. The van der Waals surface area contributed by atoms with Gasteiger partial charge < -0.3 is 4.90 Å². The zero-order valence-corrected chi connectivity index (χ0v) is 12.5. The molecule has 0 spiro atoms. The Balaban J connectivity index is 1.85. The lowest BCUT2D eigenvalue weighted by Crippen LogP contribution is -2.26. The smallest absolute Gasteiger partial charge is 0.137 e.